The summed E-state index contributed by atoms with van der Waals surface area (Å²) in [4.78, 5) is 10.3. The van der Waals surface area contributed by atoms with Gasteiger partial charge in [0.2, 0.25) is 6.79 Å². The molecule has 206 valence electrons. The predicted molar refractivity (Wildman–Crippen MR) is 155 cm³/mol. The van der Waals surface area contributed by atoms with Gasteiger partial charge in [-0.2, -0.15) is 0 Å². The van der Waals surface area contributed by atoms with E-state index in [0.29, 0.717) is 39.8 Å². The Morgan fingerprint density at radius 3 is 2.58 bits per heavy atom. The van der Waals surface area contributed by atoms with E-state index in [4.69, 9.17) is 26.4 Å². The number of anilines is 1. The largest absolute Gasteiger partial charge is 0.457 e. The Morgan fingerprint density at radius 1 is 1.00 bits per heavy atom. The van der Waals surface area contributed by atoms with Gasteiger partial charge in [-0.3, -0.25) is 10.1 Å². The van der Waals surface area contributed by atoms with Crippen molar-refractivity contribution in [1.29, 1.82) is 0 Å². The number of rotatable bonds is 10. The molecule has 0 amide bonds. The maximum atomic E-state index is 13.2. The Morgan fingerprint density at radius 2 is 1.77 bits per heavy atom. The van der Waals surface area contributed by atoms with Crippen LogP contribution in [0.15, 0.2) is 82.4 Å². The molecule has 0 fully saturated rings. The first-order valence-electron chi connectivity index (χ1n) is 11.8. The zero-order chi connectivity index (χ0) is 28.1. The minimum Gasteiger partial charge on any atom is -0.457 e. The molecule has 11 nitrogen and oxygen atoms in total. The molecule has 0 saturated heterocycles. The van der Waals surface area contributed by atoms with Crippen molar-refractivity contribution in [3.63, 3.8) is 0 Å². The van der Waals surface area contributed by atoms with Gasteiger partial charge in [-0.25, -0.2) is 13.1 Å². The Bertz CT molecular complexity index is 1660. The number of hydrogen-bond donors (Lipinski definition) is 3. The second kappa shape index (κ2) is 11.9. The van der Waals surface area contributed by atoms with Crippen LogP contribution in [0.3, 0.4) is 0 Å². The molecule has 40 heavy (non-hydrogen) atoms. The summed E-state index contributed by atoms with van der Waals surface area (Å²) in [6.45, 7) is 0.426. The molecular weight excluding hydrogens is 577 g/mol. The van der Waals surface area contributed by atoms with Gasteiger partial charge >= 0.3 is 0 Å². The summed E-state index contributed by atoms with van der Waals surface area (Å²) in [7, 11) is -3.85. The molecule has 3 aromatic carbocycles. The highest BCUT2D eigenvalue weighted by atomic mass is 32.2. The zero-order valence-corrected chi connectivity index (χ0v) is 23.1. The first-order chi connectivity index (χ1) is 19.3. The lowest BCUT2D eigenvalue weighted by atomic mass is 10.1. The molecule has 0 atom stereocenters. The number of sulfonamides is 1. The first kappa shape index (κ1) is 27.3. The fourth-order valence-electron chi connectivity index (χ4n) is 3.82. The monoisotopic (exact) mass is 598 g/mol. The molecule has 14 heteroatoms. The number of nitrogens with one attached hydrogen (secondary N) is 3. The number of para-hydroxylation sites is 1. The summed E-state index contributed by atoms with van der Waals surface area (Å²) in [6.07, 6.45) is 0. The van der Waals surface area contributed by atoms with Gasteiger partial charge in [0.05, 0.1) is 4.92 Å². The fourth-order valence-corrected chi connectivity index (χ4v) is 6.49. The molecule has 0 bridgehead atoms. The second-order valence-electron chi connectivity index (χ2n) is 8.32. The lowest BCUT2D eigenvalue weighted by Crippen LogP contribution is -2.36. The summed E-state index contributed by atoms with van der Waals surface area (Å²) in [5.74, 6) is 2.23. The third-order valence-corrected chi connectivity index (χ3v) is 8.85. The number of non-ortho nitro benzene ring substituents is 1. The quantitative estimate of drug-likeness (QED) is 0.0976. The van der Waals surface area contributed by atoms with Gasteiger partial charge < -0.3 is 24.8 Å². The first-order valence-corrected chi connectivity index (χ1v) is 14.6. The number of fused-ring (bicyclic) bond motifs is 1. The second-order valence-corrected chi connectivity index (χ2v) is 11.6. The van der Waals surface area contributed by atoms with Crippen LogP contribution in [-0.4, -0.2) is 38.3 Å². The van der Waals surface area contributed by atoms with Crippen molar-refractivity contribution < 1.29 is 27.6 Å². The third-order valence-electron chi connectivity index (χ3n) is 5.66. The summed E-state index contributed by atoms with van der Waals surface area (Å²) in [5, 5.41) is 18.5. The Kier molecular flexibility index (Phi) is 8.11. The highest BCUT2D eigenvalue weighted by Gasteiger charge is 2.23. The minimum atomic E-state index is -3.85. The van der Waals surface area contributed by atoms with Gasteiger partial charge in [0.15, 0.2) is 16.6 Å². The fraction of sp³-hybridized carbons (Fsp3) is 0.115. The van der Waals surface area contributed by atoms with E-state index in [9.17, 15) is 18.5 Å². The molecule has 3 N–H and O–H groups in total. The van der Waals surface area contributed by atoms with Gasteiger partial charge in [-0.1, -0.05) is 18.2 Å². The average Bonchev–Trinajstić information content (AvgIpc) is 3.62. The zero-order valence-electron chi connectivity index (χ0n) is 20.7. The molecule has 0 spiro atoms. The third kappa shape index (κ3) is 6.31. The van der Waals surface area contributed by atoms with Crippen LogP contribution < -0.4 is 29.6 Å². The van der Waals surface area contributed by atoms with Crippen molar-refractivity contribution in [3.05, 3.63) is 88.3 Å². The van der Waals surface area contributed by atoms with Crippen molar-refractivity contribution in [2.24, 2.45) is 0 Å². The molecule has 0 unspecified atom stereocenters. The molecule has 0 aliphatic carbocycles. The van der Waals surface area contributed by atoms with E-state index in [-0.39, 0.29) is 34.9 Å². The van der Waals surface area contributed by atoms with Crippen LogP contribution in [0.1, 0.15) is 0 Å². The van der Waals surface area contributed by atoms with Gasteiger partial charge in [-0.15, -0.1) is 11.3 Å². The Labute approximate surface area is 238 Å². The molecule has 1 aliphatic rings. The highest BCUT2D eigenvalue weighted by molar-refractivity contribution is 7.91. The van der Waals surface area contributed by atoms with Gasteiger partial charge in [-0.05, 0) is 54.0 Å². The summed E-state index contributed by atoms with van der Waals surface area (Å²) in [6, 6.07) is 19.9. The molecule has 0 saturated carbocycles. The molecule has 2 heterocycles. The van der Waals surface area contributed by atoms with E-state index >= 15 is 0 Å². The molecule has 5 rings (SSSR count). The number of thiocarbonyl (C=S) groups is 1. The number of nitro benzene ring substituents is 1. The number of nitro groups is 1. The topological polar surface area (TPSA) is 141 Å². The van der Waals surface area contributed by atoms with Crippen LogP contribution >= 0.6 is 23.6 Å². The van der Waals surface area contributed by atoms with Crippen molar-refractivity contribution in [1.82, 2.24) is 10.0 Å². The maximum absolute atomic E-state index is 13.2. The number of nitrogens with zero attached hydrogens (tertiary/aromatic N) is 1. The van der Waals surface area contributed by atoms with E-state index < -0.39 is 14.9 Å². The van der Waals surface area contributed by atoms with Crippen LogP contribution in [0.25, 0.3) is 11.1 Å². The van der Waals surface area contributed by atoms with Gasteiger partial charge in [0, 0.05) is 48.1 Å². The van der Waals surface area contributed by atoms with E-state index in [1.807, 2.05) is 12.1 Å². The van der Waals surface area contributed by atoms with E-state index in [0.717, 1.165) is 11.3 Å². The molecule has 4 aromatic rings. The molecular formula is C26H22N4O7S3. The normalized spacial score (nSPS) is 12.1. The van der Waals surface area contributed by atoms with Gasteiger partial charge in [0.25, 0.3) is 15.7 Å². The maximum Gasteiger partial charge on any atom is 0.269 e. The van der Waals surface area contributed by atoms with Crippen LogP contribution in [0.5, 0.6) is 23.0 Å². The SMILES string of the molecule is O=[N+]([O-])c1ccc(NC(=S)NCCNS(=O)(=O)c2sccc2-c2ccccc2Oc2ccc3c(c2)OCO3)cc1. The number of benzene rings is 3. The van der Waals surface area contributed by atoms with Crippen LogP contribution in [0, 0.1) is 10.1 Å². The van der Waals surface area contributed by atoms with E-state index in [1.165, 1.54) is 24.3 Å². The Hall–Kier alpha value is -4.24. The molecule has 1 aliphatic heterocycles. The van der Waals surface area contributed by atoms with E-state index in [2.05, 4.69) is 15.4 Å². The van der Waals surface area contributed by atoms with Crippen molar-refractivity contribution >= 4 is 50.1 Å². The summed E-state index contributed by atoms with van der Waals surface area (Å²) >= 11 is 6.33. The Balaban J connectivity index is 1.21. The summed E-state index contributed by atoms with van der Waals surface area (Å²) in [5.41, 5.74) is 1.66. The smallest absolute Gasteiger partial charge is 0.269 e. The molecule has 1 aromatic heterocycles. The van der Waals surface area contributed by atoms with Crippen molar-refractivity contribution in [2.75, 3.05) is 25.2 Å². The highest BCUT2D eigenvalue weighted by Crippen LogP contribution is 2.41. The average molecular weight is 599 g/mol. The van der Waals surface area contributed by atoms with E-state index in [1.54, 1.807) is 41.8 Å². The van der Waals surface area contributed by atoms with Crippen molar-refractivity contribution in [3.8, 4) is 34.1 Å². The van der Waals surface area contributed by atoms with Gasteiger partial charge in [0.1, 0.15) is 15.7 Å². The number of ether oxygens (including phenoxy) is 3. The van der Waals surface area contributed by atoms with Crippen molar-refractivity contribution in [2.45, 2.75) is 4.21 Å². The number of hydrogen-bond acceptors (Lipinski definition) is 9. The van der Waals surface area contributed by atoms with Crippen LogP contribution in [-0.2, 0) is 10.0 Å². The lowest BCUT2D eigenvalue weighted by molar-refractivity contribution is -0.384. The standard InChI is InChI=1S/C26H22N4O7S3/c31-30(32)18-7-5-17(6-8-18)29-26(38)27-12-13-28-40(33,34)25-21(11-14-39-25)20-3-1-2-4-22(20)37-19-9-10-23-24(15-19)36-16-35-23/h1-11,14-15,28H,12-13,16H2,(H2,27,29,38). The number of thiophene rings is 1. The predicted octanol–water partition coefficient (Wildman–Crippen LogP) is 5.11. The molecule has 0 radical (unpaired) electrons. The summed E-state index contributed by atoms with van der Waals surface area (Å²) < 4.78 is 46.0. The minimum absolute atomic E-state index is 0.0334. The lowest BCUT2D eigenvalue weighted by Gasteiger charge is -2.13. The van der Waals surface area contributed by atoms with Crippen LogP contribution in [0.2, 0.25) is 0 Å². The van der Waals surface area contributed by atoms with Crippen LogP contribution in [0.4, 0.5) is 11.4 Å².